The number of benzene rings is 2. The van der Waals surface area contributed by atoms with Gasteiger partial charge in [-0.15, -0.1) is 0 Å². The van der Waals surface area contributed by atoms with Crippen LogP contribution in [0.4, 0.5) is 0 Å². The van der Waals surface area contributed by atoms with Crippen molar-refractivity contribution >= 4 is 32.8 Å². The van der Waals surface area contributed by atoms with Crippen molar-refractivity contribution in [3.8, 4) is 11.3 Å². The average Bonchev–Trinajstić information content (AvgIpc) is 3.10. The second-order valence-electron chi connectivity index (χ2n) is 7.33. The van der Waals surface area contributed by atoms with Crippen LogP contribution in [0.2, 0.25) is 0 Å². The number of aromatic nitrogens is 2. The molecule has 0 aliphatic carbocycles. The van der Waals surface area contributed by atoms with Crippen molar-refractivity contribution in [2.45, 2.75) is 26.6 Å². The van der Waals surface area contributed by atoms with E-state index < -0.39 is 12.7 Å². The SMILES string of the molecule is [2H]C([2H])([2H])C([2H])(C)c1cc[n+](C)c(-c2cc3oc4ncc5ccccc5c4c3cc2C)c1. The van der Waals surface area contributed by atoms with Gasteiger partial charge < -0.3 is 4.42 Å². The number of hydrogen-bond donors (Lipinski definition) is 0. The van der Waals surface area contributed by atoms with Crippen LogP contribution in [0.5, 0.6) is 0 Å². The molecule has 0 aliphatic heterocycles. The lowest BCUT2D eigenvalue weighted by molar-refractivity contribution is -0.660. The van der Waals surface area contributed by atoms with Crippen LogP contribution >= 0.6 is 0 Å². The fourth-order valence-electron chi connectivity index (χ4n) is 3.90. The minimum absolute atomic E-state index is 0.447. The second kappa shape index (κ2) is 6.16. The minimum atomic E-state index is -2.44. The molecule has 3 heterocycles. The quantitative estimate of drug-likeness (QED) is 0.353. The van der Waals surface area contributed by atoms with E-state index in [0.29, 0.717) is 11.3 Å². The molecule has 0 N–H and O–H groups in total. The highest BCUT2D eigenvalue weighted by Crippen LogP contribution is 2.36. The van der Waals surface area contributed by atoms with E-state index in [-0.39, 0.29) is 0 Å². The van der Waals surface area contributed by atoms with Gasteiger partial charge in [0.1, 0.15) is 12.6 Å². The van der Waals surface area contributed by atoms with E-state index in [2.05, 4.69) is 17.1 Å². The van der Waals surface area contributed by atoms with Crippen LogP contribution in [0.3, 0.4) is 0 Å². The van der Waals surface area contributed by atoms with E-state index in [1.807, 2.05) is 49.0 Å². The fraction of sp³-hybridized carbons (Fsp3) is 0.200. The summed E-state index contributed by atoms with van der Waals surface area (Å²) in [6, 6.07) is 15.7. The summed E-state index contributed by atoms with van der Waals surface area (Å²) in [7, 11) is 1.91. The third kappa shape index (κ3) is 2.50. The maximum atomic E-state index is 8.48. The summed E-state index contributed by atoms with van der Waals surface area (Å²) in [5, 5.41) is 4.14. The van der Waals surface area contributed by atoms with Crippen molar-refractivity contribution in [2.24, 2.45) is 7.05 Å². The summed E-state index contributed by atoms with van der Waals surface area (Å²) in [6.45, 7) is 1.03. The Morgan fingerprint density at radius 3 is 2.86 bits per heavy atom. The van der Waals surface area contributed by atoms with Crippen molar-refractivity contribution in [1.29, 1.82) is 0 Å². The van der Waals surface area contributed by atoms with E-state index >= 15 is 0 Å². The molecule has 0 spiro atoms. The number of hydrogen-bond acceptors (Lipinski definition) is 2. The average molecular weight is 371 g/mol. The molecule has 3 nitrogen and oxygen atoms in total. The molecule has 2 aromatic carbocycles. The minimum Gasteiger partial charge on any atom is -0.438 e. The predicted molar refractivity (Wildman–Crippen MR) is 114 cm³/mol. The summed E-state index contributed by atoms with van der Waals surface area (Å²) in [5.41, 5.74) is 4.53. The summed E-state index contributed by atoms with van der Waals surface area (Å²) in [4.78, 5) is 4.51. The van der Waals surface area contributed by atoms with Gasteiger partial charge in [-0.3, -0.25) is 0 Å². The first kappa shape index (κ1) is 13.1. The van der Waals surface area contributed by atoms with Crippen LogP contribution in [-0.4, -0.2) is 4.98 Å². The zero-order chi connectivity index (χ0) is 22.8. The molecule has 0 fully saturated rings. The van der Waals surface area contributed by atoms with Gasteiger partial charge in [0.05, 0.1) is 10.9 Å². The van der Waals surface area contributed by atoms with Gasteiger partial charge in [0.2, 0.25) is 11.4 Å². The lowest BCUT2D eigenvalue weighted by Crippen LogP contribution is -2.30. The molecular weight excluding hydrogens is 344 g/mol. The zero-order valence-corrected chi connectivity index (χ0v) is 16.1. The maximum Gasteiger partial charge on any atom is 0.227 e. The van der Waals surface area contributed by atoms with E-state index in [0.717, 1.165) is 43.9 Å². The Hall–Kier alpha value is -3.20. The fourth-order valence-corrected chi connectivity index (χ4v) is 3.90. The van der Waals surface area contributed by atoms with Gasteiger partial charge in [-0.2, -0.15) is 0 Å². The normalized spacial score (nSPS) is 16.5. The van der Waals surface area contributed by atoms with Gasteiger partial charge in [-0.25, -0.2) is 9.55 Å². The lowest BCUT2D eigenvalue weighted by Gasteiger charge is -2.09. The maximum absolute atomic E-state index is 8.48. The van der Waals surface area contributed by atoms with Crippen molar-refractivity contribution in [1.82, 2.24) is 4.98 Å². The Labute approximate surface area is 169 Å². The molecule has 0 amide bonds. The summed E-state index contributed by atoms with van der Waals surface area (Å²) in [5.74, 6) is -1.71. The van der Waals surface area contributed by atoms with Crippen LogP contribution < -0.4 is 4.57 Å². The molecule has 1 atom stereocenters. The highest BCUT2D eigenvalue weighted by atomic mass is 16.3. The number of furan rings is 1. The van der Waals surface area contributed by atoms with Crippen molar-refractivity contribution < 1.29 is 14.5 Å². The van der Waals surface area contributed by atoms with Crippen LogP contribution in [0, 0.1) is 6.92 Å². The largest absolute Gasteiger partial charge is 0.438 e. The van der Waals surface area contributed by atoms with E-state index in [1.54, 1.807) is 18.3 Å². The summed E-state index contributed by atoms with van der Waals surface area (Å²) in [6.07, 6.45) is 3.63. The molecule has 5 rings (SSSR count). The van der Waals surface area contributed by atoms with Gasteiger partial charge in [0, 0.05) is 34.6 Å². The zero-order valence-electron chi connectivity index (χ0n) is 20.1. The number of rotatable bonds is 2. The van der Waals surface area contributed by atoms with Crippen molar-refractivity contribution in [2.75, 3.05) is 0 Å². The Balaban J connectivity index is 1.75. The smallest absolute Gasteiger partial charge is 0.227 e. The number of aryl methyl sites for hydroxylation is 2. The Kier molecular flexibility index (Phi) is 2.87. The molecule has 0 radical (unpaired) electrons. The van der Waals surface area contributed by atoms with Gasteiger partial charge in [-0.05, 0) is 41.5 Å². The topological polar surface area (TPSA) is 29.9 Å². The second-order valence-corrected chi connectivity index (χ2v) is 7.33. The molecule has 0 saturated heterocycles. The standard InChI is InChI=1S/C25H23N2O/c1-15(2)17-9-10-27(4)22(12-17)20-13-23-21(11-16(20)3)24-19-8-6-5-7-18(19)14-26-25(24)28-23/h5-15H,1-4H3/q+1/i1D3,15D. The summed E-state index contributed by atoms with van der Waals surface area (Å²) < 4.78 is 39.9. The van der Waals surface area contributed by atoms with Gasteiger partial charge in [0.15, 0.2) is 6.20 Å². The van der Waals surface area contributed by atoms with E-state index in [1.165, 1.54) is 6.92 Å². The first-order valence-corrected chi connectivity index (χ1v) is 9.29. The monoisotopic (exact) mass is 371 g/mol. The van der Waals surface area contributed by atoms with E-state index in [9.17, 15) is 0 Å². The number of nitrogens with zero attached hydrogens (tertiary/aromatic N) is 2. The highest BCUT2D eigenvalue weighted by Gasteiger charge is 2.19. The molecule has 3 heteroatoms. The van der Waals surface area contributed by atoms with Gasteiger partial charge >= 0.3 is 0 Å². The first-order chi connectivity index (χ1) is 15.1. The van der Waals surface area contributed by atoms with Crippen molar-refractivity contribution in [3.05, 3.63) is 72.1 Å². The Morgan fingerprint density at radius 2 is 2.00 bits per heavy atom. The molecule has 0 aliphatic rings. The molecule has 0 saturated carbocycles. The van der Waals surface area contributed by atoms with Crippen LogP contribution in [0.25, 0.3) is 44.1 Å². The van der Waals surface area contributed by atoms with Crippen LogP contribution in [0.1, 0.15) is 36.3 Å². The molecule has 1 unspecified atom stereocenters. The molecule has 0 bridgehead atoms. The third-order valence-corrected chi connectivity index (χ3v) is 5.43. The molecule has 28 heavy (non-hydrogen) atoms. The van der Waals surface area contributed by atoms with Crippen molar-refractivity contribution in [3.63, 3.8) is 0 Å². The summed E-state index contributed by atoms with van der Waals surface area (Å²) >= 11 is 0. The Bertz CT molecular complexity index is 1520. The van der Waals surface area contributed by atoms with E-state index in [4.69, 9.17) is 9.90 Å². The number of fused-ring (bicyclic) bond motifs is 5. The van der Waals surface area contributed by atoms with Crippen LogP contribution in [-0.2, 0) is 7.05 Å². The predicted octanol–water partition coefficient (Wildman–Crippen LogP) is 6.06. The molecule has 5 aromatic rings. The highest BCUT2D eigenvalue weighted by molar-refractivity contribution is 6.17. The first-order valence-electron chi connectivity index (χ1n) is 11.3. The molecule has 3 aromatic heterocycles. The van der Waals surface area contributed by atoms with Gasteiger partial charge in [0.25, 0.3) is 0 Å². The molecular formula is C25H23N2O+. The third-order valence-electron chi connectivity index (χ3n) is 5.43. The Morgan fingerprint density at radius 1 is 1.14 bits per heavy atom. The van der Waals surface area contributed by atoms with Crippen LogP contribution in [0.15, 0.2) is 65.3 Å². The van der Waals surface area contributed by atoms with Gasteiger partial charge in [-0.1, -0.05) is 38.0 Å². The molecule has 138 valence electrons. The lowest BCUT2D eigenvalue weighted by atomic mass is 9.97. The number of pyridine rings is 2.